The number of terminal acetylenes is 1. The predicted molar refractivity (Wildman–Crippen MR) is 55.8 cm³/mol. The van der Waals surface area contributed by atoms with Gasteiger partial charge in [-0.1, -0.05) is 5.92 Å². The highest BCUT2D eigenvalue weighted by molar-refractivity contribution is 5.60. The van der Waals surface area contributed by atoms with Crippen LogP contribution < -0.4 is 4.90 Å². The fourth-order valence-corrected chi connectivity index (χ4v) is 1.85. The van der Waals surface area contributed by atoms with Gasteiger partial charge in [-0.3, -0.25) is 0 Å². The molecule has 1 aromatic rings. The molecule has 0 unspecified atom stereocenters. The zero-order chi connectivity index (χ0) is 9.97. The molecular weight excluding hydrogens is 177 g/mol. The third-order valence-electron chi connectivity index (χ3n) is 2.56. The van der Waals surface area contributed by atoms with E-state index < -0.39 is 0 Å². The van der Waals surface area contributed by atoms with Crippen molar-refractivity contribution in [2.24, 2.45) is 0 Å². The first-order valence-electron chi connectivity index (χ1n) is 4.82. The van der Waals surface area contributed by atoms with Crippen molar-refractivity contribution >= 4 is 5.69 Å². The van der Waals surface area contributed by atoms with Gasteiger partial charge in [0.15, 0.2) is 0 Å². The van der Waals surface area contributed by atoms with Gasteiger partial charge in [0, 0.05) is 18.7 Å². The van der Waals surface area contributed by atoms with E-state index in [0.717, 1.165) is 24.3 Å². The average molecular weight is 189 g/mol. The van der Waals surface area contributed by atoms with Crippen LogP contribution >= 0.6 is 0 Å². The largest absolute Gasteiger partial charge is 0.370 e. The van der Waals surface area contributed by atoms with E-state index in [1.54, 1.807) is 6.07 Å². The van der Waals surface area contributed by atoms with Gasteiger partial charge in [0.25, 0.3) is 0 Å². The number of anilines is 1. The Balaban J connectivity index is 2.39. The molecule has 1 aromatic carbocycles. The molecule has 0 aromatic heterocycles. The smallest absolute Gasteiger partial charge is 0.125 e. The van der Waals surface area contributed by atoms with Gasteiger partial charge >= 0.3 is 0 Å². The Labute approximate surface area is 83.5 Å². The standard InChI is InChI=1S/C12H12FN/c1-2-10-5-6-11(13)9-12(10)14-7-3-4-8-14/h1,5-6,9H,3-4,7-8H2. The van der Waals surface area contributed by atoms with Gasteiger partial charge in [-0.15, -0.1) is 6.42 Å². The Hall–Kier alpha value is -1.49. The maximum absolute atomic E-state index is 13.0. The van der Waals surface area contributed by atoms with E-state index in [4.69, 9.17) is 6.42 Å². The molecule has 0 saturated carbocycles. The number of halogens is 1. The van der Waals surface area contributed by atoms with Crippen molar-refractivity contribution in [1.29, 1.82) is 0 Å². The molecule has 1 saturated heterocycles. The molecule has 1 aliphatic heterocycles. The molecule has 72 valence electrons. The zero-order valence-corrected chi connectivity index (χ0v) is 7.96. The van der Waals surface area contributed by atoms with E-state index in [-0.39, 0.29) is 5.82 Å². The second-order valence-electron chi connectivity index (χ2n) is 3.50. The van der Waals surface area contributed by atoms with Crippen LogP contribution in [0.4, 0.5) is 10.1 Å². The fourth-order valence-electron chi connectivity index (χ4n) is 1.85. The highest BCUT2D eigenvalue weighted by Crippen LogP contribution is 2.24. The summed E-state index contributed by atoms with van der Waals surface area (Å²) in [4.78, 5) is 2.15. The Kier molecular flexibility index (Phi) is 2.41. The molecular formula is C12H12FN. The van der Waals surface area contributed by atoms with Crippen molar-refractivity contribution in [2.45, 2.75) is 12.8 Å². The molecule has 0 radical (unpaired) electrons. The van der Waals surface area contributed by atoms with Crippen LogP contribution in [-0.4, -0.2) is 13.1 Å². The minimum absolute atomic E-state index is 0.217. The van der Waals surface area contributed by atoms with Crippen LogP contribution in [0.1, 0.15) is 18.4 Å². The molecule has 0 amide bonds. The lowest BCUT2D eigenvalue weighted by molar-refractivity contribution is 0.627. The van der Waals surface area contributed by atoms with Gasteiger partial charge in [-0.05, 0) is 31.0 Å². The number of nitrogens with zero attached hydrogens (tertiary/aromatic N) is 1. The number of hydrogen-bond donors (Lipinski definition) is 0. The van der Waals surface area contributed by atoms with Gasteiger partial charge < -0.3 is 4.90 Å². The van der Waals surface area contributed by atoms with E-state index in [1.807, 2.05) is 0 Å². The lowest BCUT2D eigenvalue weighted by Crippen LogP contribution is -2.18. The number of rotatable bonds is 1. The predicted octanol–water partition coefficient (Wildman–Crippen LogP) is 2.41. The maximum Gasteiger partial charge on any atom is 0.125 e. The third kappa shape index (κ3) is 1.58. The highest BCUT2D eigenvalue weighted by atomic mass is 19.1. The van der Waals surface area contributed by atoms with E-state index in [0.29, 0.717) is 0 Å². The molecule has 1 heterocycles. The molecule has 2 rings (SSSR count). The van der Waals surface area contributed by atoms with Gasteiger partial charge in [0.1, 0.15) is 5.82 Å². The van der Waals surface area contributed by atoms with Gasteiger partial charge in [-0.25, -0.2) is 4.39 Å². The van der Waals surface area contributed by atoms with Crippen LogP contribution in [0, 0.1) is 18.2 Å². The van der Waals surface area contributed by atoms with Crippen LogP contribution in [0.2, 0.25) is 0 Å². The second-order valence-corrected chi connectivity index (χ2v) is 3.50. The molecule has 0 N–H and O–H groups in total. The van der Waals surface area contributed by atoms with E-state index in [2.05, 4.69) is 10.8 Å². The normalized spacial score (nSPS) is 15.6. The summed E-state index contributed by atoms with van der Waals surface area (Å²) < 4.78 is 13.0. The molecule has 1 fully saturated rings. The van der Waals surface area contributed by atoms with E-state index in [1.165, 1.54) is 25.0 Å². The van der Waals surface area contributed by atoms with Crippen molar-refractivity contribution < 1.29 is 4.39 Å². The first-order valence-corrected chi connectivity index (χ1v) is 4.82. The molecule has 0 aliphatic carbocycles. The van der Waals surface area contributed by atoms with Crippen LogP contribution in [0.15, 0.2) is 18.2 Å². The van der Waals surface area contributed by atoms with Crippen LogP contribution in [0.3, 0.4) is 0 Å². The summed E-state index contributed by atoms with van der Waals surface area (Å²) in [6, 6.07) is 4.61. The molecule has 0 bridgehead atoms. The third-order valence-corrected chi connectivity index (χ3v) is 2.56. The fraction of sp³-hybridized carbons (Fsp3) is 0.333. The van der Waals surface area contributed by atoms with Crippen molar-refractivity contribution in [3.8, 4) is 12.3 Å². The molecule has 14 heavy (non-hydrogen) atoms. The monoisotopic (exact) mass is 189 g/mol. The van der Waals surface area contributed by atoms with Crippen molar-refractivity contribution in [3.05, 3.63) is 29.6 Å². The highest BCUT2D eigenvalue weighted by Gasteiger charge is 2.15. The van der Waals surface area contributed by atoms with Crippen molar-refractivity contribution in [2.75, 3.05) is 18.0 Å². The Morgan fingerprint density at radius 1 is 1.29 bits per heavy atom. The van der Waals surface area contributed by atoms with E-state index in [9.17, 15) is 4.39 Å². The quantitative estimate of drug-likeness (QED) is 0.613. The summed E-state index contributed by atoms with van der Waals surface area (Å²) in [5.41, 5.74) is 1.65. The van der Waals surface area contributed by atoms with Crippen LogP contribution in [0.25, 0.3) is 0 Å². The minimum Gasteiger partial charge on any atom is -0.370 e. The minimum atomic E-state index is -0.217. The molecule has 1 aliphatic rings. The Morgan fingerprint density at radius 2 is 2.00 bits per heavy atom. The summed E-state index contributed by atoms with van der Waals surface area (Å²) in [6.45, 7) is 1.97. The Morgan fingerprint density at radius 3 is 2.64 bits per heavy atom. The first kappa shape index (κ1) is 9.08. The number of hydrogen-bond acceptors (Lipinski definition) is 1. The summed E-state index contributed by atoms with van der Waals surface area (Å²) in [7, 11) is 0. The average Bonchev–Trinajstić information content (AvgIpc) is 2.70. The maximum atomic E-state index is 13.0. The summed E-state index contributed by atoms with van der Waals surface area (Å²) in [5, 5.41) is 0. The summed E-state index contributed by atoms with van der Waals surface area (Å²) in [6.07, 6.45) is 7.70. The molecule has 2 heteroatoms. The zero-order valence-electron chi connectivity index (χ0n) is 7.96. The SMILES string of the molecule is C#Cc1ccc(F)cc1N1CCCC1. The van der Waals surface area contributed by atoms with Crippen LogP contribution in [0.5, 0.6) is 0 Å². The topological polar surface area (TPSA) is 3.24 Å². The molecule has 0 atom stereocenters. The van der Waals surface area contributed by atoms with Gasteiger partial charge in [-0.2, -0.15) is 0 Å². The lowest BCUT2D eigenvalue weighted by atomic mass is 10.1. The lowest BCUT2D eigenvalue weighted by Gasteiger charge is -2.19. The molecule has 1 nitrogen and oxygen atoms in total. The second kappa shape index (κ2) is 3.71. The molecule has 0 spiro atoms. The first-order chi connectivity index (χ1) is 6.81. The van der Waals surface area contributed by atoms with Gasteiger partial charge in [0.2, 0.25) is 0 Å². The summed E-state index contributed by atoms with van der Waals surface area (Å²) in [5.74, 6) is 2.37. The summed E-state index contributed by atoms with van der Waals surface area (Å²) >= 11 is 0. The van der Waals surface area contributed by atoms with Gasteiger partial charge in [0.05, 0.1) is 5.69 Å². The number of benzene rings is 1. The van der Waals surface area contributed by atoms with Crippen molar-refractivity contribution in [1.82, 2.24) is 0 Å². The van der Waals surface area contributed by atoms with Crippen LogP contribution in [-0.2, 0) is 0 Å². The van der Waals surface area contributed by atoms with Crippen molar-refractivity contribution in [3.63, 3.8) is 0 Å². The Bertz CT molecular complexity index is 372. The van der Waals surface area contributed by atoms with E-state index >= 15 is 0 Å².